The second kappa shape index (κ2) is 9.87. The summed E-state index contributed by atoms with van der Waals surface area (Å²) < 4.78 is 0. The van der Waals surface area contributed by atoms with E-state index in [9.17, 15) is 9.59 Å². The van der Waals surface area contributed by atoms with Crippen molar-refractivity contribution in [2.24, 2.45) is 11.3 Å². The Morgan fingerprint density at radius 2 is 1.58 bits per heavy atom. The fraction of sp³-hybridized carbons (Fsp3) is 0.567. The van der Waals surface area contributed by atoms with Crippen molar-refractivity contribution in [2.75, 3.05) is 31.1 Å². The van der Waals surface area contributed by atoms with Gasteiger partial charge in [-0.2, -0.15) is 0 Å². The van der Waals surface area contributed by atoms with E-state index in [0.717, 1.165) is 88.7 Å². The van der Waals surface area contributed by atoms with Crippen molar-refractivity contribution in [3.05, 3.63) is 59.4 Å². The average Bonchev–Trinajstić information content (AvgIpc) is 3.60. The number of anilines is 1. The normalized spacial score (nSPS) is 23.6. The Morgan fingerprint density at radius 1 is 0.889 bits per heavy atom. The number of carbonyl (C=O) groups is 2. The van der Waals surface area contributed by atoms with Crippen LogP contribution in [0.5, 0.6) is 0 Å². The third-order valence-electron chi connectivity index (χ3n) is 9.48. The SMILES string of the molecule is O=C(NC1CCc2ccc(C(=O)N3CCC4(CC3)CCN(c3ccncc3)CC4)cc21)C1CCCC1. The minimum atomic E-state index is 0.0519. The summed E-state index contributed by atoms with van der Waals surface area (Å²) in [6, 6.07) is 10.4. The summed E-state index contributed by atoms with van der Waals surface area (Å²) in [6.45, 7) is 3.84. The zero-order valence-electron chi connectivity index (χ0n) is 21.3. The summed E-state index contributed by atoms with van der Waals surface area (Å²) in [5.74, 6) is 0.532. The number of aromatic nitrogens is 1. The number of amides is 2. The van der Waals surface area contributed by atoms with Crippen LogP contribution in [0.4, 0.5) is 5.69 Å². The van der Waals surface area contributed by atoms with Crippen LogP contribution in [0.1, 0.15) is 85.3 Å². The highest BCUT2D eigenvalue weighted by Gasteiger charge is 2.39. The minimum Gasteiger partial charge on any atom is -0.371 e. The van der Waals surface area contributed by atoms with Crippen LogP contribution >= 0.6 is 0 Å². The van der Waals surface area contributed by atoms with E-state index in [2.05, 4.69) is 44.4 Å². The maximum absolute atomic E-state index is 13.5. The van der Waals surface area contributed by atoms with Gasteiger partial charge in [0, 0.05) is 55.7 Å². The fourth-order valence-corrected chi connectivity index (χ4v) is 7.02. The van der Waals surface area contributed by atoms with Gasteiger partial charge in [0.05, 0.1) is 6.04 Å². The molecular formula is C30H38N4O2. The molecule has 1 spiro atoms. The summed E-state index contributed by atoms with van der Waals surface area (Å²) >= 11 is 0. The third-order valence-corrected chi connectivity index (χ3v) is 9.48. The first-order valence-electron chi connectivity index (χ1n) is 14.0. The van der Waals surface area contributed by atoms with Gasteiger partial charge in [-0.25, -0.2) is 0 Å². The monoisotopic (exact) mass is 486 g/mol. The Balaban J connectivity index is 1.06. The van der Waals surface area contributed by atoms with E-state index in [1.54, 1.807) is 0 Å². The number of aryl methyl sites for hydroxylation is 1. The van der Waals surface area contributed by atoms with Crippen molar-refractivity contribution < 1.29 is 9.59 Å². The number of benzene rings is 1. The Labute approximate surface area is 214 Å². The molecule has 1 aromatic heterocycles. The molecule has 0 radical (unpaired) electrons. The third kappa shape index (κ3) is 4.62. The van der Waals surface area contributed by atoms with E-state index in [4.69, 9.17) is 0 Å². The lowest BCUT2D eigenvalue weighted by Gasteiger charge is -2.47. The van der Waals surface area contributed by atoms with Crippen molar-refractivity contribution >= 4 is 17.5 Å². The highest BCUT2D eigenvalue weighted by molar-refractivity contribution is 5.94. The van der Waals surface area contributed by atoms with Gasteiger partial charge < -0.3 is 15.1 Å². The molecule has 0 bridgehead atoms. The zero-order chi connectivity index (χ0) is 24.5. The standard InChI is InChI=1S/C30H38N4O2/c35-28(23-3-1-2-4-23)32-27-8-7-22-5-6-24(21-26(22)27)29(36)34-19-13-30(14-20-34)11-17-33(18-12-30)25-9-15-31-16-10-25/h5-6,9-10,15-16,21,23,27H,1-4,7-8,11-14,17-20H2,(H,32,35). The molecule has 4 aliphatic rings. The molecule has 1 saturated carbocycles. The van der Waals surface area contributed by atoms with Crippen molar-refractivity contribution in [3.63, 3.8) is 0 Å². The second-order valence-electron chi connectivity index (χ2n) is 11.5. The van der Waals surface area contributed by atoms with Crippen LogP contribution in [0, 0.1) is 11.3 Å². The molecule has 2 amide bonds. The average molecular weight is 487 g/mol. The molecule has 3 heterocycles. The van der Waals surface area contributed by atoms with Crippen molar-refractivity contribution in [2.45, 2.75) is 70.3 Å². The molecule has 1 unspecified atom stereocenters. The van der Waals surface area contributed by atoms with Gasteiger partial charge in [0.25, 0.3) is 5.91 Å². The molecule has 6 nitrogen and oxygen atoms in total. The number of nitrogens with zero attached hydrogens (tertiary/aromatic N) is 3. The van der Waals surface area contributed by atoms with Gasteiger partial charge in [-0.05, 0) is 92.2 Å². The maximum atomic E-state index is 13.5. The number of pyridine rings is 1. The van der Waals surface area contributed by atoms with E-state index in [0.29, 0.717) is 5.41 Å². The number of fused-ring (bicyclic) bond motifs is 1. The van der Waals surface area contributed by atoms with Gasteiger partial charge in [-0.1, -0.05) is 18.9 Å². The Morgan fingerprint density at radius 3 is 2.31 bits per heavy atom. The van der Waals surface area contributed by atoms with Gasteiger partial charge >= 0.3 is 0 Å². The number of rotatable bonds is 4. The summed E-state index contributed by atoms with van der Waals surface area (Å²) in [5.41, 5.74) is 4.85. The Bertz CT molecular complexity index is 1090. The quantitative estimate of drug-likeness (QED) is 0.668. The second-order valence-corrected chi connectivity index (χ2v) is 11.5. The molecule has 2 aromatic rings. The molecule has 6 rings (SSSR count). The molecule has 2 aliphatic carbocycles. The molecular weight excluding hydrogens is 448 g/mol. The number of hydrogen-bond acceptors (Lipinski definition) is 4. The van der Waals surface area contributed by atoms with Crippen molar-refractivity contribution in [1.82, 2.24) is 15.2 Å². The lowest BCUT2D eigenvalue weighted by molar-refractivity contribution is -0.125. The summed E-state index contributed by atoms with van der Waals surface area (Å²) in [4.78, 5) is 34.9. The van der Waals surface area contributed by atoms with E-state index in [-0.39, 0.29) is 23.8 Å². The zero-order valence-corrected chi connectivity index (χ0v) is 21.3. The topological polar surface area (TPSA) is 65.5 Å². The Hall–Kier alpha value is -2.89. The van der Waals surface area contributed by atoms with Gasteiger partial charge in [0.1, 0.15) is 0 Å². The largest absolute Gasteiger partial charge is 0.371 e. The molecule has 2 saturated heterocycles. The lowest BCUT2D eigenvalue weighted by atomic mass is 9.71. The van der Waals surface area contributed by atoms with Gasteiger partial charge in [-0.15, -0.1) is 0 Å². The number of hydrogen-bond donors (Lipinski definition) is 1. The van der Waals surface area contributed by atoms with Crippen LogP contribution in [0.3, 0.4) is 0 Å². The number of carbonyl (C=O) groups excluding carboxylic acids is 2. The predicted octanol–water partition coefficient (Wildman–Crippen LogP) is 4.90. The van der Waals surface area contributed by atoms with Crippen molar-refractivity contribution in [1.29, 1.82) is 0 Å². The summed E-state index contributed by atoms with van der Waals surface area (Å²) in [5, 5.41) is 3.31. The highest BCUT2D eigenvalue weighted by Crippen LogP contribution is 2.42. The van der Waals surface area contributed by atoms with E-state index < -0.39 is 0 Å². The maximum Gasteiger partial charge on any atom is 0.253 e. The van der Waals surface area contributed by atoms with E-state index in [1.807, 2.05) is 18.5 Å². The van der Waals surface area contributed by atoms with Crippen LogP contribution in [-0.2, 0) is 11.2 Å². The lowest BCUT2D eigenvalue weighted by Crippen LogP contribution is -2.48. The number of likely N-dealkylation sites (tertiary alicyclic amines) is 1. The van der Waals surface area contributed by atoms with E-state index >= 15 is 0 Å². The van der Waals surface area contributed by atoms with Gasteiger partial charge in [0.15, 0.2) is 0 Å². The number of piperidine rings is 2. The van der Waals surface area contributed by atoms with Crippen molar-refractivity contribution in [3.8, 4) is 0 Å². The molecule has 1 atom stereocenters. The van der Waals surface area contributed by atoms with E-state index in [1.165, 1.54) is 24.1 Å². The minimum absolute atomic E-state index is 0.0519. The van der Waals surface area contributed by atoms with Crippen LogP contribution in [-0.4, -0.2) is 47.9 Å². The molecule has 1 aromatic carbocycles. The van der Waals surface area contributed by atoms with Crippen LogP contribution in [0.15, 0.2) is 42.7 Å². The van der Waals surface area contributed by atoms with Crippen LogP contribution < -0.4 is 10.2 Å². The molecule has 3 fully saturated rings. The highest BCUT2D eigenvalue weighted by atomic mass is 16.2. The molecule has 2 aliphatic heterocycles. The first-order chi connectivity index (χ1) is 17.6. The fourth-order valence-electron chi connectivity index (χ4n) is 7.02. The molecule has 190 valence electrons. The smallest absolute Gasteiger partial charge is 0.253 e. The van der Waals surface area contributed by atoms with Crippen LogP contribution in [0.25, 0.3) is 0 Å². The molecule has 36 heavy (non-hydrogen) atoms. The van der Waals surface area contributed by atoms with Gasteiger partial charge in [-0.3, -0.25) is 14.6 Å². The number of nitrogens with one attached hydrogen (secondary N) is 1. The van der Waals surface area contributed by atoms with Gasteiger partial charge in [0.2, 0.25) is 5.91 Å². The first kappa shape index (κ1) is 23.5. The summed E-state index contributed by atoms with van der Waals surface area (Å²) in [7, 11) is 0. The van der Waals surface area contributed by atoms with Crippen LogP contribution in [0.2, 0.25) is 0 Å². The molecule has 6 heteroatoms. The summed E-state index contributed by atoms with van der Waals surface area (Å²) in [6.07, 6.45) is 14.6. The first-order valence-corrected chi connectivity index (χ1v) is 14.0. The Kier molecular flexibility index (Phi) is 6.44. The molecule has 1 N–H and O–H groups in total. The predicted molar refractivity (Wildman–Crippen MR) is 141 cm³/mol.